The van der Waals surface area contributed by atoms with Crippen molar-refractivity contribution in [1.82, 2.24) is 4.23 Å². The van der Waals surface area contributed by atoms with Crippen molar-refractivity contribution in [2.75, 3.05) is 0 Å². The van der Waals surface area contributed by atoms with Gasteiger partial charge in [-0.25, -0.2) is 0 Å². The van der Waals surface area contributed by atoms with Crippen molar-refractivity contribution in [3.05, 3.63) is 0 Å². The quantitative estimate of drug-likeness (QED) is 0.507. The summed E-state index contributed by atoms with van der Waals surface area (Å²) in [7, 11) is -2.99. The van der Waals surface area contributed by atoms with E-state index in [1.807, 2.05) is 0 Å². The second-order valence-electron chi connectivity index (χ2n) is 13.1. The standard InChI is InChI=1S/C22H44BNO2Si2/c1-21(2)17-14-18(21)22(3)19(15-17)25-23(26-22)20(13-16-11-10-12-16)24(27(4,5)6)28(7,8)9/h16-20H,10-15H2,1-9H3/t17-,18-,19?,20-,22-/m0/s1. The molecule has 28 heavy (non-hydrogen) atoms. The molecule has 5 rings (SSSR count). The first-order valence-corrected chi connectivity index (χ1v) is 18.8. The van der Waals surface area contributed by atoms with E-state index >= 15 is 0 Å². The van der Waals surface area contributed by atoms with E-state index in [2.05, 4.69) is 64.3 Å². The molecule has 5 fully saturated rings. The van der Waals surface area contributed by atoms with Crippen LogP contribution >= 0.6 is 0 Å². The fourth-order valence-electron chi connectivity index (χ4n) is 7.47. The van der Waals surface area contributed by atoms with Crippen LogP contribution in [0.3, 0.4) is 0 Å². The van der Waals surface area contributed by atoms with Crippen molar-refractivity contribution in [1.29, 1.82) is 0 Å². The molecule has 1 heterocycles. The lowest BCUT2D eigenvalue weighted by Crippen LogP contribution is -2.68. The molecule has 5 aliphatic rings. The number of hydrogen-bond acceptors (Lipinski definition) is 3. The molecule has 0 amide bonds. The third-order valence-corrected chi connectivity index (χ3v) is 16.4. The van der Waals surface area contributed by atoms with Gasteiger partial charge in [0.05, 0.1) is 11.7 Å². The molecule has 4 aliphatic carbocycles. The van der Waals surface area contributed by atoms with Gasteiger partial charge in [-0.3, -0.25) is 0 Å². The lowest BCUT2D eigenvalue weighted by Gasteiger charge is -2.64. The van der Waals surface area contributed by atoms with E-state index in [1.54, 1.807) is 0 Å². The van der Waals surface area contributed by atoms with E-state index in [-0.39, 0.29) is 12.7 Å². The zero-order valence-electron chi connectivity index (χ0n) is 20.0. The third kappa shape index (κ3) is 3.33. The zero-order chi connectivity index (χ0) is 20.7. The van der Waals surface area contributed by atoms with E-state index in [4.69, 9.17) is 9.31 Å². The van der Waals surface area contributed by atoms with Crippen LogP contribution < -0.4 is 0 Å². The molecule has 1 aliphatic heterocycles. The lowest BCUT2D eigenvalue weighted by atomic mass is 9.43. The first-order valence-electron chi connectivity index (χ1n) is 11.9. The number of nitrogens with zero attached hydrogens (tertiary/aromatic N) is 1. The Morgan fingerprint density at radius 3 is 2.07 bits per heavy atom. The summed E-state index contributed by atoms with van der Waals surface area (Å²) in [6, 6.07) is 0. The van der Waals surface area contributed by atoms with Gasteiger partial charge in [0.15, 0.2) is 0 Å². The first-order chi connectivity index (χ1) is 12.7. The molecule has 0 aromatic rings. The van der Waals surface area contributed by atoms with Crippen LogP contribution in [0.1, 0.15) is 59.3 Å². The van der Waals surface area contributed by atoms with Crippen molar-refractivity contribution in [2.45, 2.75) is 116 Å². The van der Waals surface area contributed by atoms with E-state index < -0.39 is 16.5 Å². The molecule has 1 unspecified atom stereocenters. The summed E-state index contributed by atoms with van der Waals surface area (Å²) in [5.74, 6) is 2.82. The van der Waals surface area contributed by atoms with Gasteiger partial charge < -0.3 is 13.5 Å². The van der Waals surface area contributed by atoms with Gasteiger partial charge in [-0.2, -0.15) is 0 Å². The molecule has 160 valence electrons. The van der Waals surface area contributed by atoms with Crippen LogP contribution in [0, 0.1) is 23.2 Å². The second-order valence-corrected chi connectivity index (χ2v) is 23.2. The smallest absolute Gasteiger partial charge is 0.404 e. The Bertz CT molecular complexity index is 599. The molecule has 5 atom stereocenters. The minimum Gasteiger partial charge on any atom is -0.404 e. The van der Waals surface area contributed by atoms with Crippen LogP contribution in [0.15, 0.2) is 0 Å². The van der Waals surface area contributed by atoms with Crippen LogP contribution in [0.5, 0.6) is 0 Å². The SMILES string of the molecule is CC1(C)[C@@H]2CC3OB([C@H](CC4CCC4)N([Si](C)(C)C)[Si](C)(C)C)O[C@@]3(C)[C@H]1C2. The van der Waals surface area contributed by atoms with Gasteiger partial charge in [0.1, 0.15) is 16.5 Å². The normalized spacial score (nSPS) is 38.8. The first kappa shape index (κ1) is 21.6. The third-order valence-electron chi connectivity index (χ3n) is 8.86. The Morgan fingerprint density at radius 2 is 1.61 bits per heavy atom. The molecule has 0 radical (unpaired) electrons. The van der Waals surface area contributed by atoms with Gasteiger partial charge >= 0.3 is 7.12 Å². The van der Waals surface area contributed by atoms with Gasteiger partial charge in [-0.05, 0) is 49.4 Å². The molecule has 6 heteroatoms. The average Bonchev–Trinajstić information content (AvgIpc) is 2.83. The van der Waals surface area contributed by atoms with Gasteiger partial charge in [0, 0.05) is 5.94 Å². The number of hydrogen-bond donors (Lipinski definition) is 0. The van der Waals surface area contributed by atoms with Crippen LogP contribution in [0.2, 0.25) is 39.3 Å². The summed E-state index contributed by atoms with van der Waals surface area (Å²) < 4.78 is 16.9. The van der Waals surface area contributed by atoms with Crippen LogP contribution in [0.4, 0.5) is 0 Å². The predicted octanol–water partition coefficient (Wildman–Crippen LogP) is 5.78. The molecule has 2 bridgehead atoms. The van der Waals surface area contributed by atoms with Crippen molar-refractivity contribution in [2.24, 2.45) is 23.2 Å². The van der Waals surface area contributed by atoms with E-state index in [1.165, 1.54) is 38.5 Å². The molecule has 3 nitrogen and oxygen atoms in total. The molecule has 0 N–H and O–H groups in total. The highest BCUT2D eigenvalue weighted by Crippen LogP contribution is 2.66. The maximum Gasteiger partial charge on any atom is 0.474 e. The summed E-state index contributed by atoms with van der Waals surface area (Å²) in [6.45, 7) is 22.5. The fraction of sp³-hybridized carbons (Fsp3) is 1.00. The molecule has 4 saturated carbocycles. The lowest BCUT2D eigenvalue weighted by molar-refractivity contribution is -0.199. The molecular weight excluding hydrogens is 377 g/mol. The highest BCUT2D eigenvalue weighted by atomic mass is 28.4. The molecule has 1 saturated heterocycles. The summed E-state index contributed by atoms with van der Waals surface area (Å²) in [5.41, 5.74) is 0.343. The van der Waals surface area contributed by atoms with Crippen molar-refractivity contribution in [3.63, 3.8) is 0 Å². The average molecular weight is 422 g/mol. The van der Waals surface area contributed by atoms with E-state index in [0.29, 0.717) is 23.4 Å². The van der Waals surface area contributed by atoms with E-state index in [9.17, 15) is 0 Å². The van der Waals surface area contributed by atoms with Gasteiger partial charge in [-0.1, -0.05) is 72.4 Å². The zero-order valence-corrected chi connectivity index (χ0v) is 22.0. The monoisotopic (exact) mass is 421 g/mol. The predicted molar refractivity (Wildman–Crippen MR) is 124 cm³/mol. The Balaban J connectivity index is 1.62. The Morgan fingerprint density at radius 1 is 1.00 bits per heavy atom. The minimum atomic E-state index is -1.48. The summed E-state index contributed by atoms with van der Waals surface area (Å²) in [5, 5.41) is 0. The van der Waals surface area contributed by atoms with Gasteiger partial charge in [0.2, 0.25) is 0 Å². The minimum absolute atomic E-state index is 0.0239. The molecule has 0 spiro atoms. The Hall–Kier alpha value is 0.379. The highest BCUT2D eigenvalue weighted by Gasteiger charge is 2.69. The summed E-state index contributed by atoms with van der Waals surface area (Å²) in [4.78, 5) is 0. The molecular formula is C22H44BNO2Si2. The topological polar surface area (TPSA) is 21.7 Å². The number of rotatable bonds is 6. The van der Waals surface area contributed by atoms with Gasteiger partial charge in [0.25, 0.3) is 0 Å². The van der Waals surface area contributed by atoms with Crippen LogP contribution in [-0.2, 0) is 9.31 Å². The second kappa shape index (κ2) is 6.69. The van der Waals surface area contributed by atoms with Crippen molar-refractivity contribution in [3.8, 4) is 0 Å². The maximum atomic E-state index is 7.02. The van der Waals surface area contributed by atoms with Gasteiger partial charge in [-0.15, -0.1) is 0 Å². The van der Waals surface area contributed by atoms with Crippen molar-refractivity contribution >= 4 is 23.6 Å². The Kier molecular flexibility index (Phi) is 5.16. The largest absolute Gasteiger partial charge is 0.474 e. The van der Waals surface area contributed by atoms with Crippen LogP contribution in [-0.4, -0.2) is 45.5 Å². The molecule has 0 aromatic heterocycles. The van der Waals surface area contributed by atoms with E-state index in [0.717, 1.165) is 11.8 Å². The summed E-state index contributed by atoms with van der Waals surface area (Å²) >= 11 is 0. The van der Waals surface area contributed by atoms with Crippen LogP contribution in [0.25, 0.3) is 0 Å². The molecule has 0 aromatic carbocycles. The highest BCUT2D eigenvalue weighted by molar-refractivity contribution is 6.90. The van der Waals surface area contributed by atoms with Crippen molar-refractivity contribution < 1.29 is 9.31 Å². The maximum absolute atomic E-state index is 7.02. The fourth-order valence-corrected chi connectivity index (χ4v) is 18.0. The Labute approximate surface area is 176 Å². The summed E-state index contributed by atoms with van der Waals surface area (Å²) in [6.07, 6.45) is 8.37.